The fourth-order valence-electron chi connectivity index (χ4n) is 3.38. The van der Waals surface area contributed by atoms with Crippen molar-refractivity contribution >= 4 is 27.8 Å². The summed E-state index contributed by atoms with van der Waals surface area (Å²) in [6.07, 6.45) is -4.41. The van der Waals surface area contributed by atoms with Crippen LogP contribution < -0.4 is 5.43 Å². The highest BCUT2D eigenvalue weighted by atomic mass is 19.4. The maximum absolute atomic E-state index is 12.7. The SMILES string of the molecule is O=C(Cn1c2ccccc2c(=O)c2ccccc21)OCc1ccc(C(F)(F)F)cc1. The van der Waals surface area contributed by atoms with Crippen molar-refractivity contribution in [3.8, 4) is 0 Å². The van der Waals surface area contributed by atoms with Gasteiger partial charge in [-0.05, 0) is 42.0 Å². The maximum Gasteiger partial charge on any atom is 0.416 e. The normalized spacial score (nSPS) is 11.7. The summed E-state index contributed by atoms with van der Waals surface area (Å²) >= 11 is 0. The monoisotopic (exact) mass is 411 g/mol. The minimum atomic E-state index is -4.41. The Balaban J connectivity index is 1.59. The lowest BCUT2D eigenvalue weighted by molar-refractivity contribution is -0.145. The molecule has 0 bridgehead atoms. The van der Waals surface area contributed by atoms with Crippen LogP contribution in [0.1, 0.15) is 11.1 Å². The van der Waals surface area contributed by atoms with E-state index in [0.717, 1.165) is 12.1 Å². The van der Waals surface area contributed by atoms with Crippen LogP contribution in [-0.2, 0) is 28.9 Å². The van der Waals surface area contributed by atoms with E-state index in [1.165, 1.54) is 12.1 Å². The molecule has 152 valence electrons. The first-order chi connectivity index (χ1) is 14.3. The van der Waals surface area contributed by atoms with Gasteiger partial charge in [0.25, 0.3) is 0 Å². The van der Waals surface area contributed by atoms with Crippen LogP contribution in [-0.4, -0.2) is 10.5 Å². The molecule has 1 aromatic heterocycles. The van der Waals surface area contributed by atoms with Crippen molar-refractivity contribution in [3.05, 3.63) is 94.1 Å². The smallest absolute Gasteiger partial charge is 0.416 e. The molecule has 30 heavy (non-hydrogen) atoms. The summed E-state index contributed by atoms with van der Waals surface area (Å²) < 4.78 is 44.9. The first-order valence-electron chi connectivity index (χ1n) is 9.16. The van der Waals surface area contributed by atoms with Gasteiger partial charge >= 0.3 is 12.1 Å². The molecular formula is C23H16F3NO3. The molecule has 0 N–H and O–H groups in total. The molecule has 0 saturated carbocycles. The average molecular weight is 411 g/mol. The molecule has 4 rings (SSSR count). The number of pyridine rings is 1. The second-order valence-corrected chi connectivity index (χ2v) is 6.80. The highest BCUT2D eigenvalue weighted by Gasteiger charge is 2.29. The van der Waals surface area contributed by atoms with Gasteiger partial charge in [0.15, 0.2) is 5.43 Å². The van der Waals surface area contributed by atoms with Crippen LogP contribution in [0, 0.1) is 0 Å². The predicted octanol–water partition coefficient (Wildman–Crippen LogP) is 4.92. The summed E-state index contributed by atoms with van der Waals surface area (Å²) in [6, 6.07) is 18.4. The Morgan fingerprint density at radius 1 is 0.833 bits per heavy atom. The first kappa shape index (κ1) is 19.7. The highest BCUT2D eigenvalue weighted by Crippen LogP contribution is 2.29. The topological polar surface area (TPSA) is 48.3 Å². The third-order valence-corrected chi connectivity index (χ3v) is 4.85. The number of hydrogen-bond donors (Lipinski definition) is 0. The molecule has 0 aliphatic carbocycles. The lowest BCUT2D eigenvalue weighted by Gasteiger charge is -2.15. The first-order valence-corrected chi connectivity index (χ1v) is 9.16. The highest BCUT2D eigenvalue weighted by molar-refractivity contribution is 5.94. The number of fused-ring (bicyclic) bond motifs is 2. The predicted molar refractivity (Wildman–Crippen MR) is 107 cm³/mol. The Labute approximate surface area is 169 Å². The average Bonchev–Trinajstić information content (AvgIpc) is 2.75. The summed E-state index contributed by atoms with van der Waals surface area (Å²) in [5.74, 6) is -0.561. The molecule has 3 aromatic carbocycles. The number of rotatable bonds is 4. The third-order valence-electron chi connectivity index (χ3n) is 4.85. The Morgan fingerprint density at radius 2 is 1.37 bits per heavy atom. The minimum Gasteiger partial charge on any atom is -0.459 e. The molecule has 0 saturated heterocycles. The Morgan fingerprint density at radius 3 is 1.90 bits per heavy atom. The number of ether oxygens (including phenoxy) is 1. The molecule has 0 aliphatic heterocycles. The molecule has 7 heteroatoms. The van der Waals surface area contributed by atoms with Gasteiger partial charge < -0.3 is 9.30 Å². The van der Waals surface area contributed by atoms with E-state index in [9.17, 15) is 22.8 Å². The van der Waals surface area contributed by atoms with Gasteiger partial charge in [-0.3, -0.25) is 9.59 Å². The molecule has 4 nitrogen and oxygen atoms in total. The largest absolute Gasteiger partial charge is 0.459 e. The summed E-state index contributed by atoms with van der Waals surface area (Å²) in [5.41, 5.74) is 0.783. The van der Waals surface area contributed by atoms with Gasteiger partial charge in [0.1, 0.15) is 13.2 Å². The van der Waals surface area contributed by atoms with E-state index in [0.29, 0.717) is 27.4 Å². The van der Waals surface area contributed by atoms with Crippen molar-refractivity contribution < 1.29 is 22.7 Å². The second-order valence-electron chi connectivity index (χ2n) is 6.80. The Hall–Kier alpha value is -3.61. The fourth-order valence-corrected chi connectivity index (χ4v) is 3.38. The van der Waals surface area contributed by atoms with Gasteiger partial charge in [-0.15, -0.1) is 0 Å². The van der Waals surface area contributed by atoms with Crippen molar-refractivity contribution in [2.45, 2.75) is 19.3 Å². The second kappa shape index (κ2) is 7.67. The molecule has 0 amide bonds. The van der Waals surface area contributed by atoms with Crippen molar-refractivity contribution in [3.63, 3.8) is 0 Å². The van der Waals surface area contributed by atoms with Crippen molar-refractivity contribution in [1.29, 1.82) is 0 Å². The van der Waals surface area contributed by atoms with Gasteiger partial charge in [0.2, 0.25) is 0 Å². The van der Waals surface area contributed by atoms with Crippen LogP contribution in [0.15, 0.2) is 77.6 Å². The quantitative estimate of drug-likeness (QED) is 0.354. The number of hydrogen-bond acceptors (Lipinski definition) is 3. The van der Waals surface area contributed by atoms with Crippen LogP contribution in [0.3, 0.4) is 0 Å². The van der Waals surface area contributed by atoms with Gasteiger partial charge in [-0.1, -0.05) is 36.4 Å². The van der Waals surface area contributed by atoms with E-state index in [1.807, 2.05) is 0 Å². The summed E-state index contributed by atoms with van der Waals surface area (Å²) in [4.78, 5) is 25.2. The zero-order valence-corrected chi connectivity index (χ0v) is 15.6. The zero-order chi connectivity index (χ0) is 21.3. The lowest BCUT2D eigenvalue weighted by Crippen LogP contribution is -2.18. The Kier molecular flexibility index (Phi) is 5.03. The molecule has 0 radical (unpaired) electrons. The van der Waals surface area contributed by atoms with E-state index in [1.54, 1.807) is 53.1 Å². The maximum atomic E-state index is 12.7. The number of halogens is 3. The van der Waals surface area contributed by atoms with Crippen LogP contribution in [0.25, 0.3) is 21.8 Å². The molecular weight excluding hydrogens is 395 g/mol. The number of nitrogens with zero attached hydrogens (tertiary/aromatic N) is 1. The number of esters is 1. The van der Waals surface area contributed by atoms with Crippen LogP contribution in [0.4, 0.5) is 13.2 Å². The van der Waals surface area contributed by atoms with Gasteiger partial charge in [0.05, 0.1) is 16.6 Å². The van der Waals surface area contributed by atoms with E-state index in [-0.39, 0.29) is 18.6 Å². The fraction of sp³-hybridized carbons (Fsp3) is 0.130. The number of benzene rings is 3. The van der Waals surface area contributed by atoms with Crippen molar-refractivity contribution in [2.24, 2.45) is 0 Å². The third kappa shape index (κ3) is 3.78. The molecule has 0 unspecified atom stereocenters. The van der Waals surface area contributed by atoms with E-state index in [2.05, 4.69) is 0 Å². The van der Waals surface area contributed by atoms with E-state index in [4.69, 9.17) is 4.74 Å². The number of carbonyl (C=O) groups excluding carboxylic acids is 1. The number of carbonyl (C=O) groups is 1. The Bertz CT molecular complexity index is 1230. The summed E-state index contributed by atoms with van der Waals surface area (Å²) in [6.45, 7) is -0.283. The molecule has 0 fully saturated rings. The van der Waals surface area contributed by atoms with E-state index >= 15 is 0 Å². The van der Waals surface area contributed by atoms with Crippen molar-refractivity contribution in [2.75, 3.05) is 0 Å². The number of para-hydroxylation sites is 2. The van der Waals surface area contributed by atoms with Gasteiger partial charge in [-0.25, -0.2) is 0 Å². The molecule has 0 spiro atoms. The van der Waals surface area contributed by atoms with Crippen molar-refractivity contribution in [1.82, 2.24) is 4.57 Å². The lowest BCUT2D eigenvalue weighted by atomic mass is 10.1. The number of alkyl halides is 3. The van der Waals surface area contributed by atoms with Crippen LogP contribution >= 0.6 is 0 Å². The number of aromatic nitrogens is 1. The van der Waals surface area contributed by atoms with Gasteiger partial charge in [-0.2, -0.15) is 13.2 Å². The summed E-state index contributed by atoms with van der Waals surface area (Å²) in [7, 11) is 0. The zero-order valence-electron chi connectivity index (χ0n) is 15.6. The minimum absolute atomic E-state index is 0.115. The van der Waals surface area contributed by atoms with Crippen LogP contribution in [0.5, 0.6) is 0 Å². The molecule has 4 aromatic rings. The standard InChI is InChI=1S/C23H16F3NO3/c24-23(25,26)16-11-9-15(10-12-16)14-30-21(28)13-27-19-7-3-1-5-17(19)22(29)18-6-2-4-8-20(18)27/h1-12H,13-14H2. The van der Waals surface area contributed by atoms with Crippen LogP contribution in [0.2, 0.25) is 0 Å². The molecule has 0 aliphatic rings. The van der Waals surface area contributed by atoms with E-state index < -0.39 is 17.7 Å². The van der Waals surface area contributed by atoms with Gasteiger partial charge in [0, 0.05) is 10.8 Å². The molecule has 0 atom stereocenters. The molecule has 1 heterocycles. The summed E-state index contributed by atoms with van der Waals surface area (Å²) in [5, 5.41) is 0.985.